The van der Waals surface area contributed by atoms with Crippen LogP contribution in [0.5, 0.6) is 0 Å². The quantitative estimate of drug-likeness (QED) is 0.440. The van der Waals surface area contributed by atoms with Gasteiger partial charge >= 0.3 is 6.09 Å². The number of hydrogen-bond acceptors (Lipinski definition) is 9. The van der Waals surface area contributed by atoms with E-state index in [2.05, 4.69) is 32.3 Å². The summed E-state index contributed by atoms with van der Waals surface area (Å²) in [5.74, 6) is -0.595. The minimum atomic E-state index is -0.535. The highest BCUT2D eigenvalue weighted by atomic mass is 32.1. The number of aromatic nitrogens is 1. The first-order chi connectivity index (χ1) is 20.0. The molecule has 1 aromatic heterocycles. The van der Waals surface area contributed by atoms with E-state index < -0.39 is 5.60 Å². The molecule has 2 aromatic rings. The van der Waals surface area contributed by atoms with Crippen LogP contribution in [-0.2, 0) is 16.0 Å². The van der Waals surface area contributed by atoms with E-state index in [4.69, 9.17) is 9.47 Å². The third-order valence-corrected chi connectivity index (χ3v) is 8.29. The van der Waals surface area contributed by atoms with Crippen LogP contribution in [-0.4, -0.2) is 96.8 Å². The first kappa shape index (κ1) is 31.7. The van der Waals surface area contributed by atoms with Gasteiger partial charge in [-0.2, -0.15) is 0 Å². The minimum absolute atomic E-state index is 0.108. The van der Waals surface area contributed by atoms with Gasteiger partial charge < -0.3 is 29.9 Å². The lowest BCUT2D eigenvalue weighted by molar-refractivity contribution is 0.00459. The molecule has 3 heterocycles. The molecule has 4 rings (SSSR count). The first-order valence-electron chi connectivity index (χ1n) is 14.6. The third kappa shape index (κ3) is 8.20. The van der Waals surface area contributed by atoms with E-state index in [1.165, 1.54) is 11.3 Å². The van der Waals surface area contributed by atoms with Crippen LogP contribution in [0.1, 0.15) is 73.9 Å². The molecule has 0 saturated carbocycles. The number of nitrogens with one attached hydrogen (secondary N) is 2. The fourth-order valence-electron chi connectivity index (χ4n) is 5.07. The molecule has 2 aliphatic heterocycles. The van der Waals surface area contributed by atoms with E-state index in [0.717, 1.165) is 36.6 Å². The average Bonchev–Trinajstić information content (AvgIpc) is 3.62. The number of thiazole rings is 1. The molecule has 0 spiro atoms. The fraction of sp³-hybridized carbons (Fsp3) is 0.600. The van der Waals surface area contributed by atoms with Gasteiger partial charge in [-0.1, -0.05) is 13.0 Å². The summed E-state index contributed by atoms with van der Waals surface area (Å²) in [5, 5.41) is 8.38. The third-order valence-electron chi connectivity index (χ3n) is 7.39. The van der Waals surface area contributed by atoms with E-state index in [1.54, 1.807) is 23.5 Å². The number of benzene rings is 1. The molecule has 2 fully saturated rings. The molecule has 0 bridgehead atoms. The number of amides is 3. The maximum atomic E-state index is 13.2. The van der Waals surface area contributed by atoms with Gasteiger partial charge in [0.2, 0.25) is 0 Å². The van der Waals surface area contributed by atoms with Crippen LogP contribution >= 0.6 is 11.3 Å². The molecule has 11 nitrogen and oxygen atoms in total. The highest BCUT2D eigenvalue weighted by molar-refractivity contribution is 7.14. The normalized spacial score (nSPS) is 19.6. The van der Waals surface area contributed by atoms with E-state index in [0.29, 0.717) is 49.7 Å². The smallest absolute Gasteiger partial charge is 0.410 e. The SMILES string of the molecule is CCCNC(=O)c1cc(CN2CCN(C(=O)OC(C)(C)C)C[C@@H]2C)ccc1NC(=O)c1csc(N2CC[C@H](OC)C2)n1. The van der Waals surface area contributed by atoms with E-state index >= 15 is 0 Å². The Bertz CT molecular complexity index is 1260. The molecule has 0 radical (unpaired) electrons. The predicted octanol–water partition coefficient (Wildman–Crippen LogP) is 4.20. The van der Waals surface area contributed by atoms with Crippen molar-refractivity contribution in [1.82, 2.24) is 20.1 Å². The van der Waals surface area contributed by atoms with Gasteiger partial charge in [-0.05, 0) is 58.2 Å². The predicted molar refractivity (Wildman–Crippen MR) is 164 cm³/mol. The molecule has 230 valence electrons. The number of carbonyl (C=O) groups excluding carboxylic acids is 3. The fourth-order valence-corrected chi connectivity index (χ4v) is 5.91. The lowest BCUT2D eigenvalue weighted by Crippen LogP contribution is -2.54. The number of carbonyl (C=O) groups is 3. The Labute approximate surface area is 252 Å². The van der Waals surface area contributed by atoms with Crippen LogP contribution in [0.2, 0.25) is 0 Å². The summed E-state index contributed by atoms with van der Waals surface area (Å²) in [6.45, 7) is 14.2. The van der Waals surface area contributed by atoms with Crippen molar-refractivity contribution in [2.24, 2.45) is 0 Å². The Balaban J connectivity index is 1.44. The average molecular weight is 601 g/mol. The maximum absolute atomic E-state index is 13.2. The van der Waals surface area contributed by atoms with Crippen LogP contribution in [0.3, 0.4) is 0 Å². The van der Waals surface area contributed by atoms with Gasteiger partial charge in [-0.25, -0.2) is 9.78 Å². The number of methoxy groups -OCH3 is 1. The molecule has 2 N–H and O–H groups in total. The molecule has 42 heavy (non-hydrogen) atoms. The van der Waals surface area contributed by atoms with Crippen LogP contribution < -0.4 is 15.5 Å². The second-order valence-electron chi connectivity index (χ2n) is 11.9. The standard InChI is InChI=1S/C30H44N6O5S/c1-7-11-31-26(37)23-15-21(17-34-13-14-36(16-20(34)2)29(39)41-30(3,4)5)8-9-24(23)32-27(38)25-19-42-28(33-25)35-12-10-22(18-35)40-6/h8-9,15,19-20,22H,7,10-14,16-18H2,1-6H3,(H,31,37)(H,32,38)/t20-,22-/m0/s1. The second kappa shape index (κ2) is 13.8. The zero-order valence-electron chi connectivity index (χ0n) is 25.6. The van der Waals surface area contributed by atoms with Crippen molar-refractivity contribution >= 4 is 40.1 Å². The summed E-state index contributed by atoms with van der Waals surface area (Å²) in [5.41, 5.74) is 1.58. The summed E-state index contributed by atoms with van der Waals surface area (Å²) in [4.78, 5) is 49.6. The molecule has 0 aliphatic carbocycles. The van der Waals surface area contributed by atoms with E-state index in [9.17, 15) is 14.4 Å². The van der Waals surface area contributed by atoms with Crippen molar-refractivity contribution < 1.29 is 23.9 Å². The maximum Gasteiger partial charge on any atom is 0.410 e. The van der Waals surface area contributed by atoms with Crippen molar-refractivity contribution in [3.63, 3.8) is 0 Å². The van der Waals surface area contributed by atoms with Crippen molar-refractivity contribution in [3.05, 3.63) is 40.4 Å². The highest BCUT2D eigenvalue weighted by Crippen LogP contribution is 2.27. The van der Waals surface area contributed by atoms with E-state index in [-0.39, 0.29) is 30.1 Å². The van der Waals surface area contributed by atoms with Gasteiger partial charge in [-0.15, -0.1) is 11.3 Å². The minimum Gasteiger partial charge on any atom is -0.444 e. The summed E-state index contributed by atoms with van der Waals surface area (Å²) < 4.78 is 11.0. The number of ether oxygens (including phenoxy) is 2. The zero-order chi connectivity index (χ0) is 30.4. The van der Waals surface area contributed by atoms with Gasteiger partial charge in [0, 0.05) is 64.3 Å². The highest BCUT2D eigenvalue weighted by Gasteiger charge is 2.30. The Kier molecular flexibility index (Phi) is 10.4. The molecule has 1 aromatic carbocycles. The van der Waals surface area contributed by atoms with Gasteiger partial charge in [0.05, 0.1) is 17.4 Å². The lowest BCUT2D eigenvalue weighted by Gasteiger charge is -2.40. The largest absolute Gasteiger partial charge is 0.444 e. The Hall–Kier alpha value is -3.22. The van der Waals surface area contributed by atoms with E-state index in [1.807, 2.05) is 39.8 Å². The van der Waals surface area contributed by atoms with Crippen LogP contribution in [0.15, 0.2) is 23.6 Å². The molecule has 2 atom stereocenters. The van der Waals surface area contributed by atoms with Crippen LogP contribution in [0.25, 0.3) is 0 Å². The molecular weight excluding hydrogens is 556 g/mol. The topological polar surface area (TPSA) is 116 Å². The molecule has 0 unspecified atom stereocenters. The number of nitrogens with zero attached hydrogens (tertiary/aromatic N) is 4. The Morgan fingerprint density at radius 3 is 2.57 bits per heavy atom. The van der Waals surface area contributed by atoms with Gasteiger partial charge in [0.1, 0.15) is 11.3 Å². The number of rotatable bonds is 9. The monoisotopic (exact) mass is 600 g/mol. The molecule has 12 heteroatoms. The summed E-state index contributed by atoms with van der Waals surface area (Å²) in [6, 6.07) is 5.67. The Morgan fingerprint density at radius 1 is 1.12 bits per heavy atom. The van der Waals surface area contributed by atoms with Gasteiger partial charge in [-0.3, -0.25) is 14.5 Å². The molecule has 3 amide bonds. The summed E-state index contributed by atoms with van der Waals surface area (Å²) in [7, 11) is 1.71. The van der Waals surface area contributed by atoms with Crippen molar-refractivity contribution in [3.8, 4) is 0 Å². The summed E-state index contributed by atoms with van der Waals surface area (Å²) >= 11 is 1.43. The van der Waals surface area contributed by atoms with Crippen molar-refractivity contribution in [2.45, 2.75) is 71.8 Å². The lowest BCUT2D eigenvalue weighted by atomic mass is 10.1. The van der Waals surface area contributed by atoms with Gasteiger partial charge in [0.25, 0.3) is 11.8 Å². The van der Waals surface area contributed by atoms with Crippen molar-refractivity contribution in [2.75, 3.05) is 56.6 Å². The molecular formula is C30H44N6O5S. The molecule has 2 saturated heterocycles. The van der Waals surface area contributed by atoms with Gasteiger partial charge in [0.15, 0.2) is 5.13 Å². The number of anilines is 2. The van der Waals surface area contributed by atoms with Crippen LogP contribution in [0.4, 0.5) is 15.6 Å². The number of piperazine rings is 1. The Morgan fingerprint density at radius 2 is 1.90 bits per heavy atom. The summed E-state index contributed by atoms with van der Waals surface area (Å²) in [6.07, 6.45) is 1.61. The first-order valence-corrected chi connectivity index (χ1v) is 15.5. The number of hydrogen-bond donors (Lipinski definition) is 2. The zero-order valence-corrected chi connectivity index (χ0v) is 26.4. The van der Waals surface area contributed by atoms with Crippen LogP contribution in [0, 0.1) is 0 Å². The second-order valence-corrected chi connectivity index (χ2v) is 12.8. The van der Waals surface area contributed by atoms with Crippen molar-refractivity contribution in [1.29, 1.82) is 0 Å². The molecule has 2 aliphatic rings.